The van der Waals surface area contributed by atoms with Gasteiger partial charge in [0.25, 0.3) is 0 Å². The molecule has 0 spiro atoms. The summed E-state index contributed by atoms with van der Waals surface area (Å²) in [7, 11) is 0. The van der Waals surface area contributed by atoms with E-state index in [4.69, 9.17) is 4.74 Å². The van der Waals surface area contributed by atoms with Crippen molar-refractivity contribution in [1.82, 2.24) is 0 Å². The minimum atomic E-state index is -0.840. The molecule has 0 radical (unpaired) electrons. The number of alkyl halides is 1. The van der Waals surface area contributed by atoms with Crippen molar-refractivity contribution >= 4 is 0 Å². The Balaban J connectivity index is 0.000000362. The van der Waals surface area contributed by atoms with Crippen molar-refractivity contribution in [2.45, 2.75) is 112 Å². The molecule has 1 saturated carbocycles. The number of ether oxygens (including phenoxy) is 1. The summed E-state index contributed by atoms with van der Waals surface area (Å²) in [6.45, 7) is 22.7. The summed E-state index contributed by atoms with van der Waals surface area (Å²) in [6, 6.07) is 0. The summed E-state index contributed by atoms with van der Waals surface area (Å²) in [6.07, 6.45) is 2.63. The van der Waals surface area contributed by atoms with Gasteiger partial charge in [0.15, 0.2) is 0 Å². The molecule has 1 aliphatic heterocycles. The van der Waals surface area contributed by atoms with Crippen LogP contribution in [0.5, 0.6) is 0 Å². The summed E-state index contributed by atoms with van der Waals surface area (Å²) in [5, 5.41) is 19.0. The minimum absolute atomic E-state index is 0.00694. The minimum Gasteiger partial charge on any atom is -0.390 e. The third-order valence-electron chi connectivity index (χ3n) is 6.40. The molecule has 1 heterocycles. The Hall–Kier alpha value is -0.190. The van der Waals surface area contributed by atoms with Crippen molar-refractivity contribution in [3.05, 3.63) is 0 Å². The first-order valence-corrected chi connectivity index (χ1v) is 9.88. The lowest BCUT2D eigenvalue weighted by molar-refractivity contribution is -0.228. The van der Waals surface area contributed by atoms with Crippen molar-refractivity contribution in [1.29, 1.82) is 0 Å². The van der Waals surface area contributed by atoms with E-state index in [-0.39, 0.29) is 16.2 Å². The lowest BCUT2D eigenvalue weighted by atomic mass is 9.66. The molecule has 0 unspecified atom stereocenters. The molecule has 26 heavy (non-hydrogen) atoms. The molecule has 0 aromatic rings. The van der Waals surface area contributed by atoms with Crippen LogP contribution in [0.15, 0.2) is 0 Å². The van der Waals surface area contributed by atoms with Gasteiger partial charge in [0, 0.05) is 0 Å². The van der Waals surface area contributed by atoms with Crippen LogP contribution < -0.4 is 0 Å². The summed E-state index contributed by atoms with van der Waals surface area (Å²) >= 11 is 0. The van der Waals surface area contributed by atoms with Crippen LogP contribution in [0.25, 0.3) is 0 Å². The molecule has 0 aromatic carbocycles. The quantitative estimate of drug-likeness (QED) is 0.585. The first kappa shape index (κ1) is 25.8. The molecule has 2 aliphatic rings. The molecule has 0 aromatic heterocycles. The standard InChI is InChI=1S/C8H15F.C7H14O2.C7H16O/c1-7(2,3)8(9)5-4-6-8;1-6(2,3)7(8)4-9-5-7;1-6(2,3)7(4,5)8/h4-6H2,1-3H3;8H,4-5H2,1-3H3;8H,1-5H3. The lowest BCUT2D eigenvalue weighted by Gasteiger charge is -2.46. The molecule has 0 amide bonds. The molecule has 2 rings (SSSR count). The third-order valence-corrected chi connectivity index (χ3v) is 6.40. The summed E-state index contributed by atoms with van der Waals surface area (Å²) in [4.78, 5) is 0. The zero-order valence-electron chi connectivity index (χ0n) is 19.2. The number of halogens is 1. The molecule has 0 atom stereocenters. The predicted octanol–water partition coefficient (Wildman–Crippen LogP) is 5.52. The fourth-order valence-electron chi connectivity index (χ4n) is 1.97. The molecule has 4 heteroatoms. The largest absolute Gasteiger partial charge is 0.390 e. The van der Waals surface area contributed by atoms with Crippen LogP contribution in [-0.2, 0) is 4.74 Å². The van der Waals surface area contributed by atoms with Gasteiger partial charge in [0.2, 0.25) is 0 Å². The summed E-state index contributed by atoms with van der Waals surface area (Å²) in [5.74, 6) is 0. The zero-order valence-corrected chi connectivity index (χ0v) is 19.2. The maximum Gasteiger partial charge on any atom is 0.116 e. The van der Waals surface area contributed by atoms with E-state index in [1.165, 1.54) is 0 Å². The average Bonchev–Trinajstić information content (AvgIpc) is 2.29. The van der Waals surface area contributed by atoms with Crippen molar-refractivity contribution in [3.8, 4) is 0 Å². The van der Waals surface area contributed by atoms with Crippen molar-refractivity contribution in [3.63, 3.8) is 0 Å². The van der Waals surface area contributed by atoms with E-state index in [1.807, 2.05) is 76.2 Å². The van der Waals surface area contributed by atoms with Gasteiger partial charge in [-0.2, -0.15) is 0 Å². The zero-order chi connectivity index (χ0) is 21.2. The van der Waals surface area contributed by atoms with E-state index < -0.39 is 16.9 Å². The van der Waals surface area contributed by atoms with Crippen molar-refractivity contribution in [2.75, 3.05) is 13.2 Å². The van der Waals surface area contributed by atoms with Gasteiger partial charge in [-0.15, -0.1) is 0 Å². The number of hydrogen-bond acceptors (Lipinski definition) is 3. The van der Waals surface area contributed by atoms with Crippen LogP contribution in [0.3, 0.4) is 0 Å². The van der Waals surface area contributed by atoms with E-state index in [0.29, 0.717) is 13.2 Å². The first-order valence-electron chi connectivity index (χ1n) is 9.88. The van der Waals surface area contributed by atoms with Crippen LogP contribution >= 0.6 is 0 Å². The van der Waals surface area contributed by atoms with E-state index >= 15 is 0 Å². The second kappa shape index (κ2) is 8.05. The molecular formula is C22H45FO3. The smallest absolute Gasteiger partial charge is 0.116 e. The topological polar surface area (TPSA) is 49.7 Å². The van der Waals surface area contributed by atoms with Gasteiger partial charge < -0.3 is 14.9 Å². The molecule has 2 N–H and O–H groups in total. The fraction of sp³-hybridized carbons (Fsp3) is 1.00. The van der Waals surface area contributed by atoms with Gasteiger partial charge in [-0.3, -0.25) is 0 Å². The monoisotopic (exact) mass is 376 g/mol. The molecule has 3 nitrogen and oxygen atoms in total. The molecule has 158 valence electrons. The molecule has 1 aliphatic carbocycles. The van der Waals surface area contributed by atoms with E-state index in [2.05, 4.69) is 0 Å². The predicted molar refractivity (Wildman–Crippen MR) is 108 cm³/mol. The highest BCUT2D eigenvalue weighted by Gasteiger charge is 2.47. The number of rotatable bonds is 0. The van der Waals surface area contributed by atoms with Crippen LogP contribution in [0.2, 0.25) is 0 Å². The molecule has 0 bridgehead atoms. The van der Waals surface area contributed by atoms with Crippen LogP contribution in [0.1, 0.15) is 95.4 Å². The second-order valence-corrected chi connectivity index (χ2v) is 11.7. The van der Waals surface area contributed by atoms with Gasteiger partial charge in [-0.25, -0.2) is 4.39 Å². The highest BCUT2D eigenvalue weighted by atomic mass is 19.1. The Bertz CT molecular complexity index is 380. The fourth-order valence-corrected chi connectivity index (χ4v) is 1.97. The normalized spacial score (nSPS) is 21.9. The lowest BCUT2D eigenvalue weighted by Crippen LogP contribution is -2.58. The third kappa shape index (κ3) is 6.76. The number of aliphatic hydroxyl groups is 2. The van der Waals surface area contributed by atoms with Gasteiger partial charge in [-0.1, -0.05) is 62.3 Å². The van der Waals surface area contributed by atoms with Crippen LogP contribution in [0, 0.1) is 16.2 Å². The summed E-state index contributed by atoms with van der Waals surface area (Å²) < 4.78 is 18.3. The molecule has 2 fully saturated rings. The SMILES string of the molecule is CC(C)(C)C(C)(C)O.CC(C)(C)C1(F)CCC1.CC(C)(C)C1(O)COC1. The van der Waals surface area contributed by atoms with Crippen molar-refractivity contribution in [2.24, 2.45) is 16.2 Å². The Morgan fingerprint density at radius 2 is 1.12 bits per heavy atom. The van der Waals surface area contributed by atoms with Gasteiger partial charge in [0.1, 0.15) is 11.3 Å². The highest BCUT2D eigenvalue weighted by Crippen LogP contribution is 2.48. The first-order chi connectivity index (χ1) is 11.2. The van der Waals surface area contributed by atoms with Gasteiger partial charge in [0.05, 0.1) is 18.8 Å². The Morgan fingerprint density at radius 3 is 1.12 bits per heavy atom. The molecule has 1 saturated heterocycles. The van der Waals surface area contributed by atoms with Gasteiger partial charge in [-0.05, 0) is 49.4 Å². The van der Waals surface area contributed by atoms with Crippen molar-refractivity contribution < 1.29 is 19.3 Å². The average molecular weight is 377 g/mol. The Morgan fingerprint density at radius 1 is 0.769 bits per heavy atom. The Kier molecular flexibility index (Phi) is 7.99. The number of hydrogen-bond donors (Lipinski definition) is 2. The Labute approximate surface area is 161 Å². The molecular weight excluding hydrogens is 331 g/mol. The maximum absolute atomic E-state index is 13.4. The van der Waals surface area contributed by atoms with E-state index in [9.17, 15) is 14.6 Å². The van der Waals surface area contributed by atoms with Gasteiger partial charge >= 0.3 is 0 Å². The van der Waals surface area contributed by atoms with Crippen LogP contribution in [-0.4, -0.2) is 40.3 Å². The summed E-state index contributed by atoms with van der Waals surface area (Å²) in [5.41, 5.74) is -2.14. The maximum atomic E-state index is 13.4. The van der Waals surface area contributed by atoms with Crippen LogP contribution in [0.4, 0.5) is 4.39 Å². The van der Waals surface area contributed by atoms with E-state index in [0.717, 1.165) is 19.3 Å². The highest BCUT2D eigenvalue weighted by molar-refractivity contribution is 4.97. The second-order valence-electron chi connectivity index (χ2n) is 11.7. The van der Waals surface area contributed by atoms with E-state index in [1.54, 1.807) is 0 Å².